The quantitative estimate of drug-likeness (QED) is 0.771. The van der Waals surface area contributed by atoms with E-state index in [4.69, 9.17) is 9.84 Å². The number of rotatable bonds is 7. The SMILES string of the molecule is CC(CN(C)C(=O)NCc1ccc(Oc2ccccc2F)c(F)c1)C(=O)O. The van der Waals surface area contributed by atoms with E-state index in [2.05, 4.69) is 5.32 Å². The minimum Gasteiger partial charge on any atom is -0.481 e. The number of urea groups is 1. The van der Waals surface area contributed by atoms with Crippen molar-refractivity contribution >= 4 is 12.0 Å². The van der Waals surface area contributed by atoms with Crippen molar-refractivity contribution in [2.45, 2.75) is 13.5 Å². The largest absolute Gasteiger partial charge is 0.481 e. The van der Waals surface area contributed by atoms with Gasteiger partial charge in [0, 0.05) is 20.1 Å². The van der Waals surface area contributed by atoms with Crippen molar-refractivity contribution in [2.24, 2.45) is 5.92 Å². The molecule has 0 saturated heterocycles. The van der Waals surface area contributed by atoms with Crippen molar-refractivity contribution in [1.29, 1.82) is 0 Å². The number of amides is 2. The van der Waals surface area contributed by atoms with Gasteiger partial charge in [-0.15, -0.1) is 0 Å². The van der Waals surface area contributed by atoms with Gasteiger partial charge in [-0.25, -0.2) is 13.6 Å². The summed E-state index contributed by atoms with van der Waals surface area (Å²) in [5, 5.41) is 11.4. The van der Waals surface area contributed by atoms with Gasteiger partial charge in [-0.3, -0.25) is 4.79 Å². The van der Waals surface area contributed by atoms with Gasteiger partial charge in [0.05, 0.1) is 5.92 Å². The van der Waals surface area contributed by atoms with Gasteiger partial charge < -0.3 is 20.1 Å². The second-order valence-electron chi connectivity index (χ2n) is 6.08. The Hall–Kier alpha value is -3.16. The Balaban J connectivity index is 1.94. The summed E-state index contributed by atoms with van der Waals surface area (Å²) in [7, 11) is 1.47. The molecule has 0 aliphatic heterocycles. The van der Waals surface area contributed by atoms with E-state index < -0.39 is 29.6 Å². The van der Waals surface area contributed by atoms with Crippen molar-refractivity contribution < 1.29 is 28.2 Å². The van der Waals surface area contributed by atoms with E-state index in [0.29, 0.717) is 5.56 Å². The molecule has 2 N–H and O–H groups in total. The molecule has 1 atom stereocenters. The molecule has 0 aromatic heterocycles. The number of nitrogens with one attached hydrogen (secondary N) is 1. The number of carbonyl (C=O) groups is 2. The number of nitrogens with zero attached hydrogens (tertiary/aromatic N) is 1. The second-order valence-corrected chi connectivity index (χ2v) is 6.08. The summed E-state index contributed by atoms with van der Waals surface area (Å²) < 4.78 is 33.0. The predicted molar refractivity (Wildman–Crippen MR) is 94.5 cm³/mol. The molecule has 2 rings (SSSR count). The average molecular weight is 378 g/mol. The smallest absolute Gasteiger partial charge is 0.317 e. The second kappa shape index (κ2) is 8.98. The lowest BCUT2D eigenvalue weighted by molar-refractivity contribution is -0.141. The van der Waals surface area contributed by atoms with Crippen molar-refractivity contribution in [3.05, 3.63) is 59.7 Å². The molecule has 2 aromatic carbocycles. The Kier molecular flexibility index (Phi) is 6.70. The van der Waals surface area contributed by atoms with Gasteiger partial charge in [-0.1, -0.05) is 25.1 Å². The van der Waals surface area contributed by atoms with Crippen LogP contribution in [0.1, 0.15) is 12.5 Å². The third-order valence-corrected chi connectivity index (χ3v) is 3.81. The van der Waals surface area contributed by atoms with Crippen molar-refractivity contribution in [3.63, 3.8) is 0 Å². The molecule has 0 aliphatic rings. The topological polar surface area (TPSA) is 78.9 Å². The van der Waals surface area contributed by atoms with Crippen LogP contribution in [-0.2, 0) is 11.3 Å². The zero-order valence-electron chi connectivity index (χ0n) is 14.9. The molecule has 144 valence electrons. The third kappa shape index (κ3) is 5.67. The van der Waals surface area contributed by atoms with E-state index in [-0.39, 0.29) is 24.6 Å². The third-order valence-electron chi connectivity index (χ3n) is 3.81. The van der Waals surface area contributed by atoms with E-state index in [9.17, 15) is 18.4 Å². The first-order chi connectivity index (χ1) is 12.8. The van der Waals surface area contributed by atoms with Gasteiger partial charge in [0.25, 0.3) is 0 Å². The van der Waals surface area contributed by atoms with E-state index in [0.717, 1.165) is 0 Å². The summed E-state index contributed by atoms with van der Waals surface area (Å²) in [5.41, 5.74) is 0.474. The summed E-state index contributed by atoms with van der Waals surface area (Å²) in [6, 6.07) is 9.25. The summed E-state index contributed by atoms with van der Waals surface area (Å²) in [6.07, 6.45) is 0. The number of carboxylic acids is 1. The lowest BCUT2D eigenvalue weighted by Crippen LogP contribution is -2.40. The van der Waals surface area contributed by atoms with Gasteiger partial charge in [0.1, 0.15) is 0 Å². The van der Waals surface area contributed by atoms with Crippen LogP contribution >= 0.6 is 0 Å². The minimum absolute atomic E-state index is 0.0432. The maximum absolute atomic E-state index is 14.2. The molecule has 0 bridgehead atoms. The molecule has 0 radical (unpaired) electrons. The normalized spacial score (nSPS) is 11.6. The first-order valence-electron chi connectivity index (χ1n) is 8.20. The molecule has 2 aromatic rings. The number of hydrogen-bond acceptors (Lipinski definition) is 3. The Morgan fingerprint density at radius 2 is 1.81 bits per heavy atom. The number of benzene rings is 2. The van der Waals surface area contributed by atoms with Gasteiger partial charge >= 0.3 is 12.0 Å². The first-order valence-corrected chi connectivity index (χ1v) is 8.20. The number of ether oxygens (including phenoxy) is 1. The lowest BCUT2D eigenvalue weighted by Gasteiger charge is -2.20. The summed E-state index contributed by atoms with van der Waals surface area (Å²) in [5.74, 6) is -3.23. The summed E-state index contributed by atoms with van der Waals surface area (Å²) in [4.78, 5) is 24.0. The van der Waals surface area contributed by atoms with Crippen LogP contribution in [0, 0.1) is 17.6 Å². The monoisotopic (exact) mass is 378 g/mol. The molecule has 0 fully saturated rings. The molecular weight excluding hydrogens is 358 g/mol. The maximum Gasteiger partial charge on any atom is 0.317 e. The summed E-state index contributed by atoms with van der Waals surface area (Å²) >= 11 is 0. The van der Waals surface area contributed by atoms with Crippen molar-refractivity contribution in [1.82, 2.24) is 10.2 Å². The molecule has 0 heterocycles. The molecule has 0 aliphatic carbocycles. The van der Waals surface area contributed by atoms with Crippen LogP contribution in [0.15, 0.2) is 42.5 Å². The molecular formula is C19H20F2N2O4. The number of carbonyl (C=O) groups excluding carboxylic acids is 1. The zero-order chi connectivity index (χ0) is 20.0. The van der Waals surface area contributed by atoms with Crippen LogP contribution in [-0.4, -0.2) is 35.6 Å². The fraction of sp³-hybridized carbons (Fsp3) is 0.263. The number of halogens is 2. The Morgan fingerprint density at radius 3 is 2.44 bits per heavy atom. The Labute approximate surface area is 155 Å². The predicted octanol–water partition coefficient (Wildman–Crippen LogP) is 3.62. The number of para-hydroxylation sites is 1. The Bertz CT molecular complexity index is 829. The van der Waals surface area contributed by atoms with Crippen LogP contribution in [0.2, 0.25) is 0 Å². The standard InChI is InChI=1S/C19H20F2N2O4/c1-12(18(24)25)11-23(2)19(26)22-10-13-7-8-17(15(21)9-13)27-16-6-4-3-5-14(16)20/h3-9,12H,10-11H2,1-2H3,(H,22,26)(H,24,25). The van der Waals surface area contributed by atoms with E-state index in [1.165, 1.54) is 49.2 Å². The van der Waals surface area contributed by atoms with Gasteiger partial charge in [-0.05, 0) is 29.8 Å². The van der Waals surface area contributed by atoms with Crippen LogP contribution in [0.25, 0.3) is 0 Å². The van der Waals surface area contributed by atoms with E-state index in [1.54, 1.807) is 12.1 Å². The van der Waals surface area contributed by atoms with Crippen molar-refractivity contribution in [3.8, 4) is 11.5 Å². The highest BCUT2D eigenvalue weighted by Crippen LogP contribution is 2.27. The molecule has 2 amide bonds. The van der Waals surface area contributed by atoms with E-state index >= 15 is 0 Å². The molecule has 0 spiro atoms. The van der Waals surface area contributed by atoms with Crippen LogP contribution in [0.4, 0.5) is 13.6 Å². The van der Waals surface area contributed by atoms with Crippen LogP contribution in [0.5, 0.6) is 11.5 Å². The van der Waals surface area contributed by atoms with Crippen molar-refractivity contribution in [2.75, 3.05) is 13.6 Å². The van der Waals surface area contributed by atoms with Crippen LogP contribution < -0.4 is 10.1 Å². The summed E-state index contributed by atoms with van der Waals surface area (Å²) in [6.45, 7) is 1.59. The minimum atomic E-state index is -0.998. The average Bonchev–Trinajstić information content (AvgIpc) is 2.63. The molecule has 0 saturated carbocycles. The fourth-order valence-corrected chi connectivity index (χ4v) is 2.27. The van der Waals surface area contributed by atoms with Gasteiger partial charge in [0.2, 0.25) is 0 Å². The lowest BCUT2D eigenvalue weighted by atomic mass is 10.2. The molecule has 1 unspecified atom stereocenters. The maximum atomic E-state index is 14.2. The number of aliphatic carboxylic acids is 1. The molecule has 27 heavy (non-hydrogen) atoms. The Morgan fingerprint density at radius 1 is 1.15 bits per heavy atom. The van der Waals surface area contributed by atoms with Crippen LogP contribution in [0.3, 0.4) is 0 Å². The van der Waals surface area contributed by atoms with Gasteiger partial charge in [-0.2, -0.15) is 0 Å². The fourth-order valence-electron chi connectivity index (χ4n) is 2.27. The number of carboxylic acid groups (broad SMARTS) is 1. The highest BCUT2D eigenvalue weighted by molar-refractivity contribution is 5.75. The highest BCUT2D eigenvalue weighted by atomic mass is 19.1. The van der Waals surface area contributed by atoms with Gasteiger partial charge in [0.15, 0.2) is 23.1 Å². The molecule has 8 heteroatoms. The highest BCUT2D eigenvalue weighted by Gasteiger charge is 2.17. The zero-order valence-corrected chi connectivity index (χ0v) is 14.9. The first kappa shape index (κ1) is 20.2. The molecule has 6 nitrogen and oxygen atoms in total. The number of hydrogen-bond donors (Lipinski definition) is 2. The van der Waals surface area contributed by atoms with E-state index in [1.807, 2.05) is 0 Å².